The highest BCUT2D eigenvalue weighted by Crippen LogP contribution is 2.28. The first-order valence-electron chi connectivity index (χ1n) is 7.53. The standard InChI is InChI=1S/C18H20N2O4/c1-11-5-6-15(20(22)23)16(9-11)24-10-17(21)19-18-13(3)7-12(2)8-14(18)4/h5-9H,10H2,1-4H3,(H,19,21). The van der Waals surface area contributed by atoms with Gasteiger partial charge in [0.15, 0.2) is 12.4 Å². The summed E-state index contributed by atoms with van der Waals surface area (Å²) in [7, 11) is 0. The Balaban J connectivity index is 2.10. The molecule has 0 aromatic heterocycles. The van der Waals surface area contributed by atoms with Crippen molar-refractivity contribution >= 4 is 17.3 Å². The van der Waals surface area contributed by atoms with Gasteiger partial charge in [0.05, 0.1) is 4.92 Å². The first-order chi connectivity index (χ1) is 11.3. The summed E-state index contributed by atoms with van der Waals surface area (Å²) in [5, 5.41) is 13.8. The van der Waals surface area contributed by atoms with E-state index in [0.717, 1.165) is 27.9 Å². The van der Waals surface area contributed by atoms with Crippen LogP contribution in [0, 0.1) is 37.8 Å². The third-order valence-corrected chi connectivity index (χ3v) is 3.61. The van der Waals surface area contributed by atoms with Gasteiger partial charge < -0.3 is 10.1 Å². The molecule has 0 unspecified atom stereocenters. The zero-order valence-electron chi connectivity index (χ0n) is 14.2. The van der Waals surface area contributed by atoms with Crippen LogP contribution in [0.15, 0.2) is 30.3 Å². The first-order valence-corrected chi connectivity index (χ1v) is 7.53. The molecule has 2 aromatic rings. The third-order valence-electron chi connectivity index (χ3n) is 3.61. The molecular weight excluding hydrogens is 308 g/mol. The molecular formula is C18H20N2O4. The number of ether oxygens (including phenoxy) is 1. The highest BCUT2D eigenvalue weighted by atomic mass is 16.6. The summed E-state index contributed by atoms with van der Waals surface area (Å²) >= 11 is 0. The lowest BCUT2D eigenvalue weighted by atomic mass is 10.1. The van der Waals surface area contributed by atoms with E-state index in [2.05, 4.69) is 5.32 Å². The van der Waals surface area contributed by atoms with E-state index in [0.29, 0.717) is 0 Å². The van der Waals surface area contributed by atoms with Crippen molar-refractivity contribution in [3.63, 3.8) is 0 Å². The highest BCUT2D eigenvalue weighted by Gasteiger charge is 2.16. The quantitative estimate of drug-likeness (QED) is 0.668. The van der Waals surface area contributed by atoms with Gasteiger partial charge in [-0.05, 0) is 50.5 Å². The number of aryl methyl sites for hydroxylation is 4. The van der Waals surface area contributed by atoms with Crippen LogP contribution in [0.25, 0.3) is 0 Å². The average molecular weight is 328 g/mol. The summed E-state index contributed by atoms with van der Waals surface area (Å²) in [6.07, 6.45) is 0. The van der Waals surface area contributed by atoms with Gasteiger partial charge in [-0.15, -0.1) is 0 Å². The topological polar surface area (TPSA) is 81.5 Å². The summed E-state index contributed by atoms with van der Waals surface area (Å²) in [6, 6.07) is 8.51. The molecule has 0 spiro atoms. The fraction of sp³-hybridized carbons (Fsp3) is 0.278. The largest absolute Gasteiger partial charge is 0.477 e. The molecule has 0 heterocycles. The molecule has 0 saturated carbocycles. The summed E-state index contributed by atoms with van der Waals surface area (Å²) in [5.74, 6) is -0.270. The van der Waals surface area contributed by atoms with Crippen LogP contribution in [0.5, 0.6) is 5.75 Å². The second-order valence-electron chi connectivity index (χ2n) is 5.84. The van der Waals surface area contributed by atoms with Gasteiger partial charge in [0.25, 0.3) is 5.91 Å². The van der Waals surface area contributed by atoms with Crippen molar-refractivity contribution in [2.45, 2.75) is 27.7 Å². The molecule has 126 valence electrons. The Labute approximate surface area is 140 Å². The number of carbonyl (C=O) groups is 1. The van der Waals surface area contributed by atoms with E-state index < -0.39 is 4.92 Å². The minimum Gasteiger partial charge on any atom is -0.477 e. The van der Waals surface area contributed by atoms with Crippen molar-refractivity contribution in [2.75, 3.05) is 11.9 Å². The number of anilines is 1. The van der Waals surface area contributed by atoms with Crippen molar-refractivity contribution in [1.82, 2.24) is 0 Å². The van der Waals surface area contributed by atoms with Crippen LogP contribution in [0.4, 0.5) is 11.4 Å². The van der Waals surface area contributed by atoms with Crippen LogP contribution in [-0.2, 0) is 4.79 Å². The van der Waals surface area contributed by atoms with Gasteiger partial charge in [0.1, 0.15) is 0 Å². The Kier molecular flexibility index (Phi) is 5.18. The number of hydrogen-bond acceptors (Lipinski definition) is 4. The lowest BCUT2D eigenvalue weighted by molar-refractivity contribution is -0.385. The zero-order valence-corrected chi connectivity index (χ0v) is 14.2. The van der Waals surface area contributed by atoms with Gasteiger partial charge in [-0.1, -0.05) is 23.8 Å². The van der Waals surface area contributed by atoms with Crippen molar-refractivity contribution < 1.29 is 14.5 Å². The van der Waals surface area contributed by atoms with Crippen molar-refractivity contribution in [2.24, 2.45) is 0 Å². The summed E-state index contributed by atoms with van der Waals surface area (Å²) in [6.45, 7) is 7.34. The summed E-state index contributed by atoms with van der Waals surface area (Å²) < 4.78 is 5.36. The van der Waals surface area contributed by atoms with Crippen molar-refractivity contribution in [3.8, 4) is 5.75 Å². The number of carbonyl (C=O) groups excluding carboxylic acids is 1. The summed E-state index contributed by atoms with van der Waals surface area (Å²) in [5.41, 5.74) is 4.45. The van der Waals surface area contributed by atoms with Gasteiger partial charge in [-0.3, -0.25) is 14.9 Å². The smallest absolute Gasteiger partial charge is 0.310 e. The van der Waals surface area contributed by atoms with E-state index in [1.54, 1.807) is 19.1 Å². The normalized spacial score (nSPS) is 10.3. The Morgan fingerprint density at radius 2 is 1.71 bits per heavy atom. The predicted molar refractivity (Wildman–Crippen MR) is 92.6 cm³/mol. The Morgan fingerprint density at radius 3 is 2.29 bits per heavy atom. The van der Waals surface area contributed by atoms with Crippen LogP contribution in [0.2, 0.25) is 0 Å². The van der Waals surface area contributed by atoms with E-state index in [1.165, 1.54) is 6.07 Å². The zero-order chi connectivity index (χ0) is 17.9. The molecule has 24 heavy (non-hydrogen) atoms. The van der Waals surface area contributed by atoms with Gasteiger partial charge in [-0.25, -0.2) is 0 Å². The summed E-state index contributed by atoms with van der Waals surface area (Å²) in [4.78, 5) is 22.6. The predicted octanol–water partition coefficient (Wildman–Crippen LogP) is 3.85. The molecule has 6 nitrogen and oxygen atoms in total. The van der Waals surface area contributed by atoms with E-state index >= 15 is 0 Å². The van der Waals surface area contributed by atoms with Crippen molar-refractivity contribution in [1.29, 1.82) is 0 Å². The van der Waals surface area contributed by atoms with Gasteiger partial charge >= 0.3 is 5.69 Å². The van der Waals surface area contributed by atoms with Crippen molar-refractivity contribution in [3.05, 3.63) is 62.7 Å². The molecule has 2 aromatic carbocycles. The number of rotatable bonds is 5. The monoisotopic (exact) mass is 328 g/mol. The number of hydrogen-bond donors (Lipinski definition) is 1. The molecule has 0 aliphatic heterocycles. The number of nitro benzene ring substituents is 1. The fourth-order valence-corrected chi connectivity index (χ4v) is 2.58. The second kappa shape index (κ2) is 7.12. The maximum atomic E-state index is 12.1. The molecule has 0 aliphatic rings. The minimum absolute atomic E-state index is 0.0903. The number of nitro groups is 1. The number of benzene rings is 2. The van der Waals surface area contributed by atoms with E-state index in [9.17, 15) is 14.9 Å². The Morgan fingerprint density at radius 1 is 1.08 bits per heavy atom. The molecule has 2 rings (SSSR count). The third kappa shape index (κ3) is 4.10. The van der Waals surface area contributed by atoms with Gasteiger partial charge in [0.2, 0.25) is 0 Å². The maximum absolute atomic E-state index is 12.1. The number of amides is 1. The number of nitrogens with zero attached hydrogens (tertiary/aromatic N) is 1. The van der Waals surface area contributed by atoms with Gasteiger partial charge in [-0.2, -0.15) is 0 Å². The van der Waals surface area contributed by atoms with Crippen LogP contribution in [0.3, 0.4) is 0 Å². The second-order valence-corrected chi connectivity index (χ2v) is 5.84. The minimum atomic E-state index is -0.527. The Bertz CT molecular complexity index is 777. The lowest BCUT2D eigenvalue weighted by Gasteiger charge is -2.13. The molecule has 0 bridgehead atoms. The molecule has 0 radical (unpaired) electrons. The Hall–Kier alpha value is -2.89. The molecule has 0 atom stereocenters. The lowest BCUT2D eigenvalue weighted by Crippen LogP contribution is -2.21. The highest BCUT2D eigenvalue weighted by molar-refractivity contribution is 5.93. The molecule has 0 saturated heterocycles. The van der Waals surface area contributed by atoms with Crippen LogP contribution >= 0.6 is 0 Å². The molecule has 0 fully saturated rings. The van der Waals surface area contributed by atoms with Gasteiger partial charge in [0, 0.05) is 11.8 Å². The van der Waals surface area contributed by atoms with Crippen LogP contribution in [0.1, 0.15) is 22.3 Å². The maximum Gasteiger partial charge on any atom is 0.310 e. The SMILES string of the molecule is Cc1cc(C)c(NC(=O)COc2cc(C)ccc2[N+](=O)[O-])c(C)c1. The molecule has 6 heteroatoms. The molecule has 0 aliphatic carbocycles. The van der Waals surface area contributed by atoms with E-state index in [-0.39, 0.29) is 24.0 Å². The fourth-order valence-electron chi connectivity index (χ4n) is 2.58. The van der Waals surface area contributed by atoms with E-state index in [4.69, 9.17) is 4.74 Å². The number of nitrogens with one attached hydrogen (secondary N) is 1. The molecule has 1 amide bonds. The average Bonchev–Trinajstić information content (AvgIpc) is 2.48. The molecule has 1 N–H and O–H groups in total. The van der Waals surface area contributed by atoms with Crippen LogP contribution < -0.4 is 10.1 Å². The van der Waals surface area contributed by atoms with Crippen LogP contribution in [-0.4, -0.2) is 17.4 Å². The van der Waals surface area contributed by atoms with E-state index in [1.807, 2.05) is 32.9 Å². The first kappa shape index (κ1) is 17.5.